The van der Waals surface area contributed by atoms with Crippen LogP contribution in [0, 0.1) is 6.92 Å². The highest BCUT2D eigenvalue weighted by Crippen LogP contribution is 2.32. The van der Waals surface area contributed by atoms with Crippen molar-refractivity contribution in [3.63, 3.8) is 0 Å². The summed E-state index contributed by atoms with van der Waals surface area (Å²) in [5, 5.41) is 3.34. The highest BCUT2D eigenvalue weighted by Gasteiger charge is 2.14. The van der Waals surface area contributed by atoms with Crippen LogP contribution in [-0.2, 0) is 0 Å². The van der Waals surface area contributed by atoms with Gasteiger partial charge in [0.1, 0.15) is 5.52 Å². The van der Waals surface area contributed by atoms with Gasteiger partial charge in [-0.15, -0.1) is 0 Å². The van der Waals surface area contributed by atoms with Crippen molar-refractivity contribution >= 4 is 34.3 Å². The Hall–Kier alpha value is -3.18. The number of hydrogen-bond donors (Lipinski definition) is 1. The zero-order valence-corrected chi connectivity index (χ0v) is 14.6. The molecule has 4 aromatic rings. The lowest BCUT2D eigenvalue weighted by molar-refractivity contribution is 0.102. The average Bonchev–Trinajstić information content (AvgIpc) is 3.07. The van der Waals surface area contributed by atoms with Crippen LogP contribution in [0.1, 0.15) is 15.9 Å². The molecule has 2 aromatic carbocycles. The van der Waals surface area contributed by atoms with Gasteiger partial charge in [0, 0.05) is 23.6 Å². The number of hydrogen-bond acceptors (Lipinski definition) is 4. The Morgan fingerprint density at radius 3 is 2.69 bits per heavy atom. The molecule has 4 rings (SSSR count). The van der Waals surface area contributed by atoms with Crippen molar-refractivity contribution in [2.45, 2.75) is 6.92 Å². The van der Waals surface area contributed by atoms with E-state index in [9.17, 15) is 4.79 Å². The lowest BCUT2D eigenvalue weighted by Crippen LogP contribution is -2.11. The second-order valence-electron chi connectivity index (χ2n) is 5.87. The third-order valence-corrected chi connectivity index (χ3v) is 4.27. The molecule has 0 radical (unpaired) electrons. The first-order valence-electron chi connectivity index (χ1n) is 7.99. The molecule has 0 aliphatic rings. The second kappa shape index (κ2) is 6.61. The Labute approximate surface area is 154 Å². The molecule has 0 aliphatic carbocycles. The summed E-state index contributed by atoms with van der Waals surface area (Å²) in [6, 6.07) is 14.3. The molecule has 0 spiro atoms. The number of carbonyl (C=O) groups excluding carboxylic acids is 1. The number of nitrogens with one attached hydrogen (secondary N) is 1. The minimum Gasteiger partial charge on any atom is -0.436 e. The minimum absolute atomic E-state index is 0.228. The van der Waals surface area contributed by atoms with E-state index in [1.165, 1.54) is 0 Å². The maximum atomic E-state index is 12.3. The van der Waals surface area contributed by atoms with Crippen LogP contribution in [0.15, 0.2) is 65.3 Å². The van der Waals surface area contributed by atoms with Crippen LogP contribution in [0.2, 0.25) is 5.02 Å². The Kier molecular flexibility index (Phi) is 4.14. The topological polar surface area (TPSA) is 68.0 Å². The Morgan fingerprint density at radius 1 is 1.08 bits per heavy atom. The number of amides is 1. The Morgan fingerprint density at radius 2 is 1.88 bits per heavy atom. The van der Waals surface area contributed by atoms with E-state index in [2.05, 4.69) is 15.3 Å². The van der Waals surface area contributed by atoms with E-state index in [1.54, 1.807) is 42.7 Å². The van der Waals surface area contributed by atoms with Gasteiger partial charge in [0.25, 0.3) is 5.91 Å². The molecule has 0 saturated heterocycles. The number of fused-ring (bicyclic) bond motifs is 1. The number of aryl methyl sites for hydroxylation is 1. The molecule has 1 amide bonds. The Balaban J connectivity index is 1.68. The number of oxazole rings is 1. The molecule has 0 saturated carbocycles. The van der Waals surface area contributed by atoms with E-state index in [1.807, 2.05) is 25.1 Å². The van der Waals surface area contributed by atoms with Crippen LogP contribution >= 0.6 is 11.6 Å². The fourth-order valence-corrected chi connectivity index (χ4v) is 2.82. The lowest BCUT2D eigenvalue weighted by Gasteiger charge is -2.07. The van der Waals surface area contributed by atoms with E-state index < -0.39 is 0 Å². The van der Waals surface area contributed by atoms with Crippen molar-refractivity contribution in [3.8, 4) is 11.5 Å². The molecule has 0 atom stereocenters. The number of anilines is 1. The number of pyridine rings is 1. The van der Waals surface area contributed by atoms with E-state index in [-0.39, 0.29) is 5.91 Å². The predicted octanol–water partition coefficient (Wildman–Crippen LogP) is 5.10. The molecule has 0 aliphatic heterocycles. The van der Waals surface area contributed by atoms with Crippen LogP contribution < -0.4 is 5.32 Å². The van der Waals surface area contributed by atoms with Crippen molar-refractivity contribution in [2.24, 2.45) is 0 Å². The average molecular weight is 364 g/mol. The SMILES string of the molecule is Cc1ccc2oc(-c3cc(NC(=O)c4ccncc4)ccc3Cl)nc2c1. The van der Waals surface area contributed by atoms with Crippen molar-refractivity contribution in [2.75, 3.05) is 5.32 Å². The predicted molar refractivity (Wildman–Crippen MR) is 101 cm³/mol. The molecule has 0 unspecified atom stereocenters. The van der Waals surface area contributed by atoms with Gasteiger partial charge in [0.15, 0.2) is 5.58 Å². The molecular weight excluding hydrogens is 350 g/mol. The first-order valence-corrected chi connectivity index (χ1v) is 8.36. The summed E-state index contributed by atoms with van der Waals surface area (Å²) in [6.07, 6.45) is 3.14. The zero-order chi connectivity index (χ0) is 18.1. The summed E-state index contributed by atoms with van der Waals surface area (Å²) in [7, 11) is 0. The van der Waals surface area contributed by atoms with Crippen molar-refractivity contribution in [1.82, 2.24) is 9.97 Å². The maximum Gasteiger partial charge on any atom is 0.255 e. The molecular formula is C20H14ClN3O2. The van der Waals surface area contributed by atoms with Crippen molar-refractivity contribution in [1.29, 1.82) is 0 Å². The number of benzene rings is 2. The first kappa shape index (κ1) is 16.3. The van der Waals surface area contributed by atoms with Gasteiger partial charge >= 0.3 is 0 Å². The van der Waals surface area contributed by atoms with Crippen molar-refractivity contribution < 1.29 is 9.21 Å². The smallest absolute Gasteiger partial charge is 0.255 e. The van der Waals surface area contributed by atoms with Gasteiger partial charge in [-0.1, -0.05) is 17.7 Å². The van der Waals surface area contributed by atoms with Crippen LogP contribution in [0.3, 0.4) is 0 Å². The van der Waals surface area contributed by atoms with Crippen LogP contribution in [0.4, 0.5) is 5.69 Å². The fraction of sp³-hybridized carbons (Fsp3) is 0.0500. The van der Waals surface area contributed by atoms with Gasteiger partial charge in [-0.2, -0.15) is 0 Å². The third kappa shape index (κ3) is 3.17. The number of nitrogens with zero attached hydrogens (tertiary/aromatic N) is 2. The summed E-state index contributed by atoms with van der Waals surface area (Å²) in [5.41, 5.74) is 4.29. The van der Waals surface area contributed by atoms with E-state index in [0.717, 1.165) is 11.1 Å². The summed E-state index contributed by atoms with van der Waals surface area (Å²) < 4.78 is 5.82. The minimum atomic E-state index is -0.228. The second-order valence-corrected chi connectivity index (χ2v) is 6.28. The summed E-state index contributed by atoms with van der Waals surface area (Å²) in [5.74, 6) is 0.185. The Bertz CT molecular complexity index is 1110. The standard InChI is InChI=1S/C20H14ClN3O2/c1-12-2-5-18-17(10-12)24-20(26-18)15-11-14(3-4-16(15)21)23-19(25)13-6-8-22-9-7-13/h2-11H,1H3,(H,23,25). The van der Waals surface area contributed by atoms with Gasteiger partial charge in [-0.25, -0.2) is 4.98 Å². The molecule has 0 fully saturated rings. The summed E-state index contributed by atoms with van der Waals surface area (Å²) in [6.45, 7) is 2.00. The van der Waals surface area contributed by atoms with E-state index >= 15 is 0 Å². The molecule has 5 nitrogen and oxygen atoms in total. The summed E-state index contributed by atoms with van der Waals surface area (Å²) in [4.78, 5) is 20.7. The molecule has 2 aromatic heterocycles. The molecule has 2 heterocycles. The van der Waals surface area contributed by atoms with Gasteiger partial charge in [0.05, 0.1) is 10.6 Å². The monoisotopic (exact) mass is 363 g/mol. The number of rotatable bonds is 3. The largest absolute Gasteiger partial charge is 0.436 e. The van der Waals surface area contributed by atoms with Crippen molar-refractivity contribution in [3.05, 3.63) is 77.1 Å². The molecule has 26 heavy (non-hydrogen) atoms. The normalized spacial score (nSPS) is 10.8. The molecule has 128 valence electrons. The quantitative estimate of drug-likeness (QED) is 0.549. The van der Waals surface area contributed by atoms with Gasteiger partial charge in [-0.3, -0.25) is 9.78 Å². The zero-order valence-electron chi connectivity index (χ0n) is 13.9. The van der Waals surface area contributed by atoms with E-state index in [4.69, 9.17) is 16.0 Å². The highest BCUT2D eigenvalue weighted by atomic mass is 35.5. The van der Waals surface area contributed by atoms with Gasteiger partial charge in [0.2, 0.25) is 5.89 Å². The number of carbonyl (C=O) groups is 1. The van der Waals surface area contributed by atoms with Crippen LogP contribution in [0.25, 0.3) is 22.6 Å². The molecule has 0 bridgehead atoms. The molecule has 1 N–H and O–H groups in total. The van der Waals surface area contributed by atoms with Gasteiger partial charge < -0.3 is 9.73 Å². The van der Waals surface area contributed by atoms with Crippen LogP contribution in [-0.4, -0.2) is 15.9 Å². The lowest BCUT2D eigenvalue weighted by atomic mass is 10.2. The van der Waals surface area contributed by atoms with E-state index in [0.29, 0.717) is 33.3 Å². The van der Waals surface area contributed by atoms with Crippen LogP contribution in [0.5, 0.6) is 0 Å². The number of aromatic nitrogens is 2. The highest BCUT2D eigenvalue weighted by molar-refractivity contribution is 6.33. The van der Waals surface area contributed by atoms with Gasteiger partial charge in [-0.05, 0) is 55.0 Å². The molecule has 6 heteroatoms. The maximum absolute atomic E-state index is 12.3. The fourth-order valence-electron chi connectivity index (χ4n) is 2.63. The summed E-state index contributed by atoms with van der Waals surface area (Å²) >= 11 is 6.32. The number of halogens is 1. The third-order valence-electron chi connectivity index (χ3n) is 3.94. The first-order chi connectivity index (χ1) is 12.6.